The van der Waals surface area contributed by atoms with Crippen molar-refractivity contribution in [3.05, 3.63) is 41.2 Å². The van der Waals surface area contributed by atoms with Crippen molar-refractivity contribution in [2.24, 2.45) is 0 Å². The minimum atomic E-state index is -0.287. The van der Waals surface area contributed by atoms with Crippen LogP contribution in [-0.2, 0) is 11.2 Å². The van der Waals surface area contributed by atoms with Crippen LogP contribution < -0.4 is 5.32 Å². The fourth-order valence-electron chi connectivity index (χ4n) is 2.03. The molecule has 124 valence electrons. The molecule has 0 saturated heterocycles. The molecular weight excluding hydrogens is 335 g/mol. The topological polar surface area (TPSA) is 62.2 Å². The largest absolute Gasteiger partial charge is 0.394 e. The highest BCUT2D eigenvalue weighted by atomic mass is 32.2. The number of aliphatic hydroxyl groups excluding tert-OH is 1. The summed E-state index contributed by atoms with van der Waals surface area (Å²) < 4.78 is 12.9. The van der Waals surface area contributed by atoms with Crippen molar-refractivity contribution < 1.29 is 14.3 Å². The number of thioether (sulfide) groups is 1. The quantitative estimate of drug-likeness (QED) is 0.765. The number of carbonyl (C=O) groups is 1. The Balaban J connectivity index is 1.93. The van der Waals surface area contributed by atoms with E-state index in [2.05, 4.69) is 10.3 Å². The van der Waals surface area contributed by atoms with Gasteiger partial charge in [0.2, 0.25) is 5.91 Å². The Labute approximate surface area is 143 Å². The first-order valence-corrected chi connectivity index (χ1v) is 9.49. The minimum absolute atomic E-state index is 0.0653. The average molecular weight is 354 g/mol. The second kappa shape index (κ2) is 9.00. The zero-order chi connectivity index (χ0) is 16.7. The molecule has 0 bridgehead atoms. The maximum atomic E-state index is 12.9. The molecule has 7 heteroatoms. The fraction of sp³-hybridized carbons (Fsp3) is 0.375. The normalized spacial score (nSPS) is 12.1. The third-order valence-corrected chi connectivity index (χ3v) is 4.82. The Morgan fingerprint density at radius 2 is 2.17 bits per heavy atom. The molecule has 1 aromatic heterocycles. The molecule has 1 amide bonds. The van der Waals surface area contributed by atoms with E-state index in [0.29, 0.717) is 5.69 Å². The summed E-state index contributed by atoms with van der Waals surface area (Å²) >= 11 is 3.10. The minimum Gasteiger partial charge on any atom is -0.394 e. The molecule has 0 spiro atoms. The van der Waals surface area contributed by atoms with Gasteiger partial charge >= 0.3 is 0 Å². The van der Waals surface area contributed by atoms with Gasteiger partial charge in [0.1, 0.15) is 10.8 Å². The van der Waals surface area contributed by atoms with E-state index in [1.807, 2.05) is 11.6 Å². The Hall–Kier alpha value is -1.44. The van der Waals surface area contributed by atoms with Gasteiger partial charge in [-0.05, 0) is 42.7 Å². The van der Waals surface area contributed by atoms with Gasteiger partial charge in [0, 0.05) is 10.9 Å². The summed E-state index contributed by atoms with van der Waals surface area (Å²) in [6, 6.07) is 5.90. The number of carbonyl (C=O) groups excluding carboxylic acids is 1. The molecule has 1 heterocycles. The molecule has 2 rings (SSSR count). The summed E-state index contributed by atoms with van der Waals surface area (Å²) in [6.45, 7) is -0.0653. The number of nitrogens with one attached hydrogen (secondary N) is 1. The van der Waals surface area contributed by atoms with Crippen molar-refractivity contribution in [3.8, 4) is 10.6 Å². The van der Waals surface area contributed by atoms with Gasteiger partial charge in [-0.25, -0.2) is 9.37 Å². The number of hydrogen-bond acceptors (Lipinski definition) is 5. The standard InChI is InChI=1S/C16H19FN2O2S2/c1-22-7-6-13(9-20)18-15(21)8-14-10-23-16(19-14)11-2-4-12(17)5-3-11/h2-5,10,13,20H,6-9H2,1H3,(H,18,21)/t13-/m0/s1. The molecule has 0 aliphatic heterocycles. The van der Waals surface area contributed by atoms with Crippen LogP contribution in [0.4, 0.5) is 4.39 Å². The molecule has 23 heavy (non-hydrogen) atoms. The molecule has 0 fully saturated rings. The summed E-state index contributed by atoms with van der Waals surface area (Å²) in [7, 11) is 0. The van der Waals surface area contributed by atoms with Crippen molar-refractivity contribution in [2.45, 2.75) is 18.9 Å². The van der Waals surface area contributed by atoms with Crippen LogP contribution >= 0.6 is 23.1 Å². The third-order valence-electron chi connectivity index (χ3n) is 3.24. The molecular formula is C16H19FN2O2S2. The van der Waals surface area contributed by atoms with Gasteiger partial charge < -0.3 is 10.4 Å². The van der Waals surface area contributed by atoms with Gasteiger partial charge in [-0.2, -0.15) is 11.8 Å². The third kappa shape index (κ3) is 5.60. The molecule has 0 aliphatic rings. The zero-order valence-corrected chi connectivity index (χ0v) is 14.4. The van der Waals surface area contributed by atoms with Crippen LogP contribution in [0.2, 0.25) is 0 Å². The molecule has 0 saturated carbocycles. The number of hydrogen-bond donors (Lipinski definition) is 2. The van der Waals surface area contributed by atoms with E-state index in [0.717, 1.165) is 22.7 Å². The summed E-state index contributed by atoms with van der Waals surface area (Å²) in [6.07, 6.45) is 2.90. The van der Waals surface area contributed by atoms with E-state index in [9.17, 15) is 14.3 Å². The number of nitrogens with zero attached hydrogens (tertiary/aromatic N) is 1. The molecule has 0 unspecified atom stereocenters. The fourth-order valence-corrected chi connectivity index (χ4v) is 3.37. The molecule has 2 N–H and O–H groups in total. The van der Waals surface area contributed by atoms with E-state index < -0.39 is 0 Å². The monoisotopic (exact) mass is 354 g/mol. The van der Waals surface area contributed by atoms with Gasteiger partial charge in [0.25, 0.3) is 0 Å². The Kier molecular flexibility index (Phi) is 7.01. The van der Waals surface area contributed by atoms with Gasteiger partial charge in [-0.15, -0.1) is 11.3 Å². The SMILES string of the molecule is CSCC[C@@H](CO)NC(=O)Cc1csc(-c2ccc(F)cc2)n1. The molecule has 1 atom stereocenters. The van der Waals surface area contributed by atoms with Crippen LogP contribution in [0.5, 0.6) is 0 Å². The first-order valence-electron chi connectivity index (χ1n) is 7.22. The van der Waals surface area contributed by atoms with Crippen LogP contribution in [0.15, 0.2) is 29.6 Å². The second-order valence-corrected chi connectivity index (χ2v) is 6.90. The predicted octanol–water partition coefficient (Wildman–Crippen LogP) is 2.72. The van der Waals surface area contributed by atoms with Crippen LogP contribution in [0.3, 0.4) is 0 Å². The molecule has 0 aliphatic carbocycles. The lowest BCUT2D eigenvalue weighted by molar-refractivity contribution is -0.121. The number of aromatic nitrogens is 1. The molecule has 2 aromatic rings. The van der Waals surface area contributed by atoms with E-state index in [1.165, 1.54) is 23.5 Å². The predicted molar refractivity (Wildman–Crippen MR) is 93.2 cm³/mol. The van der Waals surface area contributed by atoms with E-state index in [4.69, 9.17) is 0 Å². The summed E-state index contributed by atoms with van der Waals surface area (Å²) in [5.74, 6) is 0.447. The van der Waals surface area contributed by atoms with Gasteiger partial charge in [0.15, 0.2) is 0 Å². The summed E-state index contributed by atoms with van der Waals surface area (Å²) in [4.78, 5) is 16.4. The smallest absolute Gasteiger partial charge is 0.226 e. The van der Waals surface area contributed by atoms with Gasteiger partial charge in [0.05, 0.1) is 24.8 Å². The van der Waals surface area contributed by atoms with Crippen molar-refractivity contribution in [1.82, 2.24) is 10.3 Å². The lowest BCUT2D eigenvalue weighted by Gasteiger charge is -2.15. The maximum absolute atomic E-state index is 12.9. The van der Waals surface area contributed by atoms with Gasteiger partial charge in [-0.3, -0.25) is 4.79 Å². The van der Waals surface area contributed by atoms with Crippen molar-refractivity contribution >= 4 is 29.0 Å². The van der Waals surface area contributed by atoms with Crippen LogP contribution in [-0.4, -0.2) is 40.7 Å². The lowest BCUT2D eigenvalue weighted by atomic mass is 10.2. The van der Waals surface area contributed by atoms with E-state index in [1.54, 1.807) is 23.9 Å². The number of aliphatic hydroxyl groups is 1. The number of thiazole rings is 1. The summed E-state index contributed by atoms with van der Waals surface area (Å²) in [5, 5.41) is 14.7. The molecule has 1 aromatic carbocycles. The second-order valence-electron chi connectivity index (χ2n) is 5.06. The lowest BCUT2D eigenvalue weighted by Crippen LogP contribution is -2.38. The van der Waals surface area contributed by atoms with Crippen LogP contribution in [0.1, 0.15) is 12.1 Å². The first kappa shape index (κ1) is 17.9. The van der Waals surface area contributed by atoms with E-state index in [-0.39, 0.29) is 30.8 Å². The van der Waals surface area contributed by atoms with Crippen LogP contribution in [0.25, 0.3) is 10.6 Å². The van der Waals surface area contributed by atoms with Gasteiger partial charge in [-0.1, -0.05) is 0 Å². The van der Waals surface area contributed by atoms with Crippen molar-refractivity contribution in [3.63, 3.8) is 0 Å². The highest BCUT2D eigenvalue weighted by Gasteiger charge is 2.13. The highest BCUT2D eigenvalue weighted by molar-refractivity contribution is 7.98. The molecule has 4 nitrogen and oxygen atoms in total. The number of benzene rings is 1. The number of amides is 1. The Morgan fingerprint density at radius 1 is 1.43 bits per heavy atom. The van der Waals surface area contributed by atoms with Crippen molar-refractivity contribution in [1.29, 1.82) is 0 Å². The number of halogens is 1. The first-order chi connectivity index (χ1) is 11.1. The van der Waals surface area contributed by atoms with Crippen molar-refractivity contribution in [2.75, 3.05) is 18.6 Å². The number of rotatable bonds is 8. The van der Waals surface area contributed by atoms with E-state index >= 15 is 0 Å². The Morgan fingerprint density at radius 3 is 2.83 bits per heavy atom. The Bertz CT molecular complexity index is 631. The van der Waals surface area contributed by atoms with Crippen LogP contribution in [0, 0.1) is 5.82 Å². The maximum Gasteiger partial charge on any atom is 0.226 e. The average Bonchev–Trinajstić information content (AvgIpc) is 3.00. The summed E-state index contributed by atoms with van der Waals surface area (Å²) in [5.41, 5.74) is 1.50. The highest BCUT2D eigenvalue weighted by Crippen LogP contribution is 2.24. The zero-order valence-electron chi connectivity index (χ0n) is 12.8. The molecule has 0 radical (unpaired) electrons.